The van der Waals surface area contributed by atoms with Gasteiger partial charge in [0.15, 0.2) is 0 Å². The van der Waals surface area contributed by atoms with Gasteiger partial charge in [0.1, 0.15) is 17.5 Å². The van der Waals surface area contributed by atoms with Crippen molar-refractivity contribution in [1.29, 1.82) is 0 Å². The van der Waals surface area contributed by atoms with E-state index in [1.807, 2.05) is 24.3 Å². The normalized spacial score (nSPS) is 16.6. The maximum atomic E-state index is 6.36. The lowest BCUT2D eigenvalue weighted by atomic mass is 10.0. The van der Waals surface area contributed by atoms with Gasteiger partial charge in [-0.2, -0.15) is 4.98 Å². The van der Waals surface area contributed by atoms with Gasteiger partial charge in [-0.15, -0.1) is 0 Å². The third-order valence-corrected chi connectivity index (χ3v) is 5.85. The summed E-state index contributed by atoms with van der Waals surface area (Å²) in [6.45, 7) is 1.33. The molecule has 1 aliphatic rings. The number of nitrogens with zero attached hydrogens (tertiary/aromatic N) is 3. The fourth-order valence-corrected chi connectivity index (χ4v) is 4.17. The van der Waals surface area contributed by atoms with Crippen LogP contribution in [0.2, 0.25) is 5.15 Å². The first-order valence-electron chi connectivity index (χ1n) is 10.8. The Morgan fingerprint density at radius 3 is 2.55 bits per heavy atom. The van der Waals surface area contributed by atoms with Gasteiger partial charge < -0.3 is 14.4 Å². The number of benzene rings is 2. The quantitative estimate of drug-likeness (QED) is 0.443. The summed E-state index contributed by atoms with van der Waals surface area (Å²) in [6.07, 6.45) is 5.66. The third kappa shape index (κ3) is 5.88. The zero-order valence-electron chi connectivity index (χ0n) is 17.8. The van der Waals surface area contributed by atoms with Crippen molar-refractivity contribution in [1.82, 2.24) is 9.97 Å². The molecule has 2 aromatic carbocycles. The second-order valence-electron chi connectivity index (χ2n) is 7.85. The minimum absolute atomic E-state index is 0.345. The Hall–Kier alpha value is -2.79. The van der Waals surface area contributed by atoms with Crippen LogP contribution in [0.25, 0.3) is 0 Å². The van der Waals surface area contributed by atoms with E-state index in [0.717, 1.165) is 37.1 Å². The van der Waals surface area contributed by atoms with E-state index in [9.17, 15) is 0 Å². The molecule has 0 amide bonds. The molecule has 0 N–H and O–H groups in total. The highest BCUT2D eigenvalue weighted by molar-refractivity contribution is 6.29. The van der Waals surface area contributed by atoms with Gasteiger partial charge in [-0.3, -0.25) is 0 Å². The Labute approximate surface area is 189 Å². The van der Waals surface area contributed by atoms with E-state index >= 15 is 0 Å². The standard InChI is InChI=1S/C25H28ClN3O2/c1-30-22-13-11-20(12-14-22)18-31-24-17-23(26)27-25(28-24)29-15-7-3-6-10-21(29)16-19-8-4-2-5-9-19/h2,4-5,8-9,11-14,17,21H,3,6-7,10,15-16,18H2,1H3/t21-/m1/s1. The van der Waals surface area contributed by atoms with Crippen LogP contribution in [0.1, 0.15) is 36.8 Å². The number of methoxy groups -OCH3 is 1. The highest BCUT2D eigenvalue weighted by atomic mass is 35.5. The molecular formula is C25H28ClN3O2. The van der Waals surface area contributed by atoms with Gasteiger partial charge in [0.25, 0.3) is 0 Å². The predicted molar refractivity (Wildman–Crippen MR) is 124 cm³/mol. The monoisotopic (exact) mass is 437 g/mol. The van der Waals surface area contributed by atoms with Crippen LogP contribution in [0.5, 0.6) is 11.6 Å². The number of rotatable bonds is 7. The van der Waals surface area contributed by atoms with E-state index in [1.165, 1.54) is 18.4 Å². The van der Waals surface area contributed by atoms with Crippen LogP contribution in [0.3, 0.4) is 0 Å². The molecule has 1 saturated heterocycles. The molecule has 0 radical (unpaired) electrons. The largest absolute Gasteiger partial charge is 0.497 e. The van der Waals surface area contributed by atoms with E-state index in [4.69, 9.17) is 26.1 Å². The summed E-state index contributed by atoms with van der Waals surface area (Å²) in [4.78, 5) is 11.6. The second-order valence-corrected chi connectivity index (χ2v) is 8.24. The Morgan fingerprint density at radius 1 is 0.968 bits per heavy atom. The van der Waals surface area contributed by atoms with Crippen LogP contribution in [0, 0.1) is 0 Å². The fraction of sp³-hybridized carbons (Fsp3) is 0.360. The molecule has 0 spiro atoms. The lowest BCUT2D eigenvalue weighted by Crippen LogP contribution is -2.37. The molecule has 1 atom stereocenters. The molecule has 162 valence electrons. The van der Waals surface area contributed by atoms with Crippen molar-refractivity contribution in [2.24, 2.45) is 0 Å². The van der Waals surface area contributed by atoms with Gasteiger partial charge in [0, 0.05) is 18.7 Å². The van der Waals surface area contributed by atoms with E-state index in [2.05, 4.69) is 40.2 Å². The average molecular weight is 438 g/mol. The summed E-state index contributed by atoms with van der Waals surface area (Å²) >= 11 is 6.36. The summed E-state index contributed by atoms with van der Waals surface area (Å²) < 4.78 is 11.2. The predicted octanol–water partition coefficient (Wildman–Crippen LogP) is 5.71. The molecule has 0 aliphatic carbocycles. The summed E-state index contributed by atoms with van der Waals surface area (Å²) in [6, 6.07) is 20.4. The maximum absolute atomic E-state index is 6.36. The lowest BCUT2D eigenvalue weighted by Gasteiger charge is -2.30. The number of anilines is 1. The molecule has 2 heterocycles. The van der Waals surface area contributed by atoms with Crippen LogP contribution in [-0.2, 0) is 13.0 Å². The summed E-state index contributed by atoms with van der Waals surface area (Å²) in [5.74, 6) is 1.97. The maximum Gasteiger partial charge on any atom is 0.230 e. The summed E-state index contributed by atoms with van der Waals surface area (Å²) in [7, 11) is 1.66. The second kappa shape index (κ2) is 10.5. The molecule has 4 rings (SSSR count). The van der Waals surface area contributed by atoms with Crippen molar-refractivity contribution in [3.05, 3.63) is 76.9 Å². The molecule has 31 heavy (non-hydrogen) atoms. The summed E-state index contributed by atoms with van der Waals surface area (Å²) in [5, 5.41) is 0.400. The molecule has 1 aliphatic heterocycles. The average Bonchev–Trinajstić information content (AvgIpc) is 3.04. The molecule has 1 fully saturated rings. The van der Waals surface area contributed by atoms with Crippen LogP contribution in [0.4, 0.5) is 5.95 Å². The van der Waals surface area contributed by atoms with Gasteiger partial charge in [0.2, 0.25) is 11.8 Å². The fourth-order valence-electron chi connectivity index (χ4n) is 4.01. The van der Waals surface area contributed by atoms with Gasteiger partial charge in [-0.05, 0) is 42.5 Å². The highest BCUT2D eigenvalue weighted by Crippen LogP contribution is 2.27. The van der Waals surface area contributed by atoms with Gasteiger partial charge in [0.05, 0.1) is 7.11 Å². The first-order valence-corrected chi connectivity index (χ1v) is 11.2. The van der Waals surface area contributed by atoms with E-state index in [-0.39, 0.29) is 0 Å². The third-order valence-electron chi connectivity index (χ3n) is 5.65. The van der Waals surface area contributed by atoms with Crippen molar-refractivity contribution in [2.75, 3.05) is 18.6 Å². The number of hydrogen-bond donors (Lipinski definition) is 0. The molecule has 0 bridgehead atoms. The molecular weight excluding hydrogens is 410 g/mol. The van der Waals surface area contributed by atoms with Crippen molar-refractivity contribution in [3.63, 3.8) is 0 Å². The van der Waals surface area contributed by atoms with Crippen molar-refractivity contribution < 1.29 is 9.47 Å². The Balaban J connectivity index is 1.51. The van der Waals surface area contributed by atoms with Gasteiger partial charge in [-0.1, -0.05) is 66.9 Å². The van der Waals surface area contributed by atoms with Crippen LogP contribution in [0.15, 0.2) is 60.7 Å². The first-order chi connectivity index (χ1) is 15.2. The molecule has 5 nitrogen and oxygen atoms in total. The van der Waals surface area contributed by atoms with E-state index < -0.39 is 0 Å². The number of aromatic nitrogens is 2. The minimum atomic E-state index is 0.345. The minimum Gasteiger partial charge on any atom is -0.497 e. The number of ether oxygens (including phenoxy) is 2. The Bertz CT molecular complexity index is 966. The highest BCUT2D eigenvalue weighted by Gasteiger charge is 2.24. The summed E-state index contributed by atoms with van der Waals surface area (Å²) in [5.41, 5.74) is 2.37. The topological polar surface area (TPSA) is 47.5 Å². The van der Waals surface area contributed by atoms with Crippen LogP contribution >= 0.6 is 11.6 Å². The van der Waals surface area contributed by atoms with Crippen molar-refractivity contribution in [2.45, 2.75) is 44.8 Å². The molecule has 3 aromatic rings. The molecule has 6 heteroatoms. The first kappa shape index (κ1) is 21.4. The lowest BCUT2D eigenvalue weighted by molar-refractivity contribution is 0.293. The number of hydrogen-bond acceptors (Lipinski definition) is 5. The molecule has 0 unspecified atom stereocenters. The van der Waals surface area contributed by atoms with Crippen LogP contribution in [-0.4, -0.2) is 29.7 Å². The smallest absolute Gasteiger partial charge is 0.230 e. The Kier molecular flexibility index (Phi) is 7.26. The zero-order chi connectivity index (χ0) is 21.5. The van der Waals surface area contributed by atoms with Gasteiger partial charge in [-0.25, -0.2) is 4.98 Å². The van der Waals surface area contributed by atoms with E-state index in [1.54, 1.807) is 13.2 Å². The van der Waals surface area contributed by atoms with Crippen molar-refractivity contribution >= 4 is 17.5 Å². The van der Waals surface area contributed by atoms with Gasteiger partial charge >= 0.3 is 0 Å². The number of halogens is 1. The van der Waals surface area contributed by atoms with Crippen LogP contribution < -0.4 is 14.4 Å². The zero-order valence-corrected chi connectivity index (χ0v) is 18.6. The van der Waals surface area contributed by atoms with E-state index in [0.29, 0.717) is 29.6 Å². The SMILES string of the molecule is COc1ccc(COc2cc(Cl)nc(N3CCCCC[C@@H]3Cc3ccccc3)n2)cc1. The molecule has 1 aromatic heterocycles. The Morgan fingerprint density at radius 2 is 1.77 bits per heavy atom. The molecule has 0 saturated carbocycles. The van der Waals surface area contributed by atoms with Crippen molar-refractivity contribution in [3.8, 4) is 11.6 Å².